The molecule has 1 N–H and O–H groups in total. The zero-order valence-electron chi connectivity index (χ0n) is 14.4. The molecule has 0 saturated heterocycles. The standard InChI is InChI=1S/C18H22N4O3/c1-12(2)10-22(18(24)16-11-25-21-20-16)17(23)9-19-15-8-7-13-5-3-4-6-14(13)15/h3-6,11-12,15,19H,7-10H2,1-2H3. The molecular weight excluding hydrogens is 320 g/mol. The highest BCUT2D eigenvalue weighted by Gasteiger charge is 2.28. The average Bonchev–Trinajstić information content (AvgIpc) is 3.26. The number of carbonyl (C=O) groups is 2. The van der Waals surface area contributed by atoms with E-state index in [0.717, 1.165) is 19.1 Å². The van der Waals surface area contributed by atoms with Crippen LogP contribution in [0.15, 0.2) is 35.1 Å². The molecule has 25 heavy (non-hydrogen) atoms. The van der Waals surface area contributed by atoms with E-state index in [2.05, 4.69) is 32.3 Å². The first-order valence-corrected chi connectivity index (χ1v) is 8.49. The second kappa shape index (κ2) is 7.57. The first-order valence-electron chi connectivity index (χ1n) is 8.49. The zero-order chi connectivity index (χ0) is 17.8. The van der Waals surface area contributed by atoms with Crippen LogP contribution in [-0.2, 0) is 11.2 Å². The molecule has 3 rings (SSSR count). The molecular formula is C18H22N4O3. The van der Waals surface area contributed by atoms with E-state index < -0.39 is 5.91 Å². The highest BCUT2D eigenvalue weighted by molar-refractivity contribution is 6.03. The lowest BCUT2D eigenvalue weighted by Crippen LogP contribution is -2.44. The number of hydrogen-bond acceptors (Lipinski definition) is 6. The van der Waals surface area contributed by atoms with Gasteiger partial charge in [0.1, 0.15) is 0 Å². The first kappa shape index (κ1) is 17.3. The van der Waals surface area contributed by atoms with Crippen molar-refractivity contribution in [3.63, 3.8) is 0 Å². The van der Waals surface area contributed by atoms with E-state index in [1.807, 2.05) is 26.0 Å². The Labute approximate surface area is 146 Å². The molecule has 7 heteroatoms. The van der Waals surface area contributed by atoms with Gasteiger partial charge in [-0.2, -0.15) is 0 Å². The van der Waals surface area contributed by atoms with Crippen molar-refractivity contribution in [2.24, 2.45) is 5.92 Å². The molecule has 0 bridgehead atoms. The number of carbonyl (C=O) groups excluding carboxylic acids is 2. The number of hydrogen-bond donors (Lipinski definition) is 1. The molecule has 2 aromatic rings. The van der Waals surface area contributed by atoms with Crippen molar-refractivity contribution in [1.29, 1.82) is 0 Å². The Hall–Kier alpha value is -2.54. The third-order valence-corrected chi connectivity index (χ3v) is 4.31. The Kier molecular flexibility index (Phi) is 5.23. The van der Waals surface area contributed by atoms with Gasteiger partial charge in [-0.1, -0.05) is 38.1 Å². The summed E-state index contributed by atoms with van der Waals surface area (Å²) < 4.78 is 4.62. The quantitative estimate of drug-likeness (QED) is 0.863. The van der Waals surface area contributed by atoms with Crippen LogP contribution in [0, 0.1) is 5.92 Å². The number of aromatic nitrogens is 2. The third kappa shape index (κ3) is 3.93. The summed E-state index contributed by atoms with van der Waals surface area (Å²) in [7, 11) is 0. The van der Waals surface area contributed by atoms with Crippen LogP contribution in [-0.4, -0.2) is 40.2 Å². The second-order valence-corrected chi connectivity index (χ2v) is 6.66. The number of imide groups is 1. The van der Waals surface area contributed by atoms with Crippen LogP contribution in [0.2, 0.25) is 0 Å². The van der Waals surface area contributed by atoms with Gasteiger partial charge in [-0.25, -0.2) is 0 Å². The Bertz CT molecular complexity index is 743. The number of aryl methyl sites for hydroxylation is 1. The Morgan fingerprint density at radius 1 is 1.36 bits per heavy atom. The number of nitrogens with zero attached hydrogens (tertiary/aromatic N) is 3. The van der Waals surface area contributed by atoms with Crippen molar-refractivity contribution in [3.8, 4) is 0 Å². The van der Waals surface area contributed by atoms with Gasteiger partial charge in [-0.15, -0.1) is 5.10 Å². The van der Waals surface area contributed by atoms with Gasteiger partial charge in [-0.3, -0.25) is 14.5 Å². The number of benzene rings is 1. The lowest BCUT2D eigenvalue weighted by atomic mass is 10.1. The molecule has 0 spiro atoms. The van der Waals surface area contributed by atoms with Crippen molar-refractivity contribution in [2.45, 2.75) is 32.7 Å². The molecule has 1 aliphatic rings. The minimum atomic E-state index is -0.478. The molecule has 7 nitrogen and oxygen atoms in total. The lowest BCUT2D eigenvalue weighted by Gasteiger charge is -2.23. The summed E-state index contributed by atoms with van der Waals surface area (Å²) in [6, 6.07) is 8.38. The number of amides is 2. The molecule has 1 atom stereocenters. The SMILES string of the molecule is CC(C)CN(C(=O)CNC1CCc2ccccc21)C(=O)c1conn1. The monoisotopic (exact) mass is 342 g/mol. The van der Waals surface area contributed by atoms with Crippen LogP contribution >= 0.6 is 0 Å². The van der Waals surface area contributed by atoms with E-state index in [4.69, 9.17) is 0 Å². The summed E-state index contributed by atoms with van der Waals surface area (Å²) in [5, 5.41) is 10.2. The minimum Gasteiger partial charge on any atom is -0.345 e. The van der Waals surface area contributed by atoms with Crippen LogP contribution in [0.25, 0.3) is 0 Å². The van der Waals surface area contributed by atoms with Gasteiger partial charge in [-0.05, 0) is 29.9 Å². The van der Waals surface area contributed by atoms with Gasteiger partial charge in [0, 0.05) is 17.9 Å². The van der Waals surface area contributed by atoms with E-state index >= 15 is 0 Å². The zero-order valence-corrected chi connectivity index (χ0v) is 14.4. The molecule has 2 amide bonds. The molecule has 1 aromatic carbocycles. The second-order valence-electron chi connectivity index (χ2n) is 6.66. The van der Waals surface area contributed by atoms with Crippen LogP contribution in [0.4, 0.5) is 0 Å². The number of rotatable bonds is 6. The van der Waals surface area contributed by atoms with Gasteiger partial charge in [0.15, 0.2) is 12.0 Å². The highest BCUT2D eigenvalue weighted by atomic mass is 16.5. The lowest BCUT2D eigenvalue weighted by molar-refractivity contribution is -0.128. The first-order chi connectivity index (χ1) is 12.1. The van der Waals surface area contributed by atoms with Gasteiger partial charge >= 0.3 is 0 Å². The molecule has 132 valence electrons. The van der Waals surface area contributed by atoms with Crippen molar-refractivity contribution < 1.29 is 14.1 Å². The predicted octanol–water partition coefficient (Wildman–Crippen LogP) is 1.97. The molecule has 0 aliphatic heterocycles. The highest BCUT2D eigenvalue weighted by Crippen LogP contribution is 2.30. The Morgan fingerprint density at radius 3 is 2.88 bits per heavy atom. The fourth-order valence-corrected chi connectivity index (χ4v) is 3.13. The molecule has 0 fully saturated rings. The van der Waals surface area contributed by atoms with E-state index in [0.29, 0.717) is 6.54 Å². The van der Waals surface area contributed by atoms with Gasteiger partial charge in [0.2, 0.25) is 5.91 Å². The van der Waals surface area contributed by atoms with Crippen molar-refractivity contribution in [1.82, 2.24) is 20.6 Å². The van der Waals surface area contributed by atoms with E-state index in [1.165, 1.54) is 16.0 Å². The normalized spacial score (nSPS) is 16.0. The van der Waals surface area contributed by atoms with E-state index in [1.54, 1.807) is 0 Å². The van der Waals surface area contributed by atoms with Crippen LogP contribution in [0.3, 0.4) is 0 Å². The summed E-state index contributed by atoms with van der Waals surface area (Å²) in [4.78, 5) is 26.4. The van der Waals surface area contributed by atoms with Gasteiger partial charge in [0.25, 0.3) is 5.91 Å². The average molecular weight is 342 g/mol. The Balaban J connectivity index is 1.66. The largest absolute Gasteiger partial charge is 0.345 e. The molecule has 1 heterocycles. The van der Waals surface area contributed by atoms with Crippen molar-refractivity contribution in [2.75, 3.05) is 13.1 Å². The van der Waals surface area contributed by atoms with Crippen LogP contribution < -0.4 is 5.32 Å². The minimum absolute atomic E-state index is 0.0419. The third-order valence-electron chi connectivity index (χ3n) is 4.31. The summed E-state index contributed by atoms with van der Waals surface area (Å²) in [6.45, 7) is 4.33. The fraction of sp³-hybridized carbons (Fsp3) is 0.444. The van der Waals surface area contributed by atoms with E-state index in [9.17, 15) is 9.59 Å². The van der Waals surface area contributed by atoms with Gasteiger partial charge < -0.3 is 9.84 Å². The molecule has 1 aliphatic carbocycles. The summed E-state index contributed by atoms with van der Waals surface area (Å²) in [5.74, 6) is -0.598. The van der Waals surface area contributed by atoms with Crippen molar-refractivity contribution in [3.05, 3.63) is 47.3 Å². The molecule has 0 saturated carbocycles. The maximum Gasteiger partial charge on any atom is 0.284 e. The molecule has 1 aromatic heterocycles. The smallest absolute Gasteiger partial charge is 0.284 e. The topological polar surface area (TPSA) is 88.3 Å². The number of fused-ring (bicyclic) bond motifs is 1. The predicted molar refractivity (Wildman–Crippen MR) is 90.7 cm³/mol. The summed E-state index contributed by atoms with van der Waals surface area (Å²) >= 11 is 0. The maximum atomic E-state index is 12.6. The fourth-order valence-electron chi connectivity index (χ4n) is 3.13. The Morgan fingerprint density at radius 2 is 2.16 bits per heavy atom. The summed E-state index contributed by atoms with van der Waals surface area (Å²) in [5.41, 5.74) is 2.59. The molecule has 0 radical (unpaired) electrons. The van der Waals surface area contributed by atoms with Crippen LogP contribution in [0.5, 0.6) is 0 Å². The number of nitrogens with one attached hydrogen (secondary N) is 1. The molecule has 1 unspecified atom stereocenters. The van der Waals surface area contributed by atoms with E-state index in [-0.39, 0.29) is 30.1 Å². The van der Waals surface area contributed by atoms with Crippen molar-refractivity contribution >= 4 is 11.8 Å². The van der Waals surface area contributed by atoms with Crippen LogP contribution in [0.1, 0.15) is 47.9 Å². The summed E-state index contributed by atoms with van der Waals surface area (Å²) in [6.07, 6.45) is 3.11. The maximum absolute atomic E-state index is 12.6. The van der Waals surface area contributed by atoms with Gasteiger partial charge in [0.05, 0.1) is 6.54 Å².